The monoisotopic (exact) mass is 521 g/mol. The van der Waals surface area contributed by atoms with E-state index < -0.39 is 0 Å². The van der Waals surface area contributed by atoms with Crippen LogP contribution in [0.5, 0.6) is 0 Å². The van der Waals surface area contributed by atoms with Gasteiger partial charge in [-0.1, -0.05) is 50.6 Å². The first-order valence-electron chi connectivity index (χ1n) is 12.1. The molecule has 36 heavy (non-hydrogen) atoms. The smallest absolute Gasteiger partial charge is 0.254 e. The second-order valence-corrected chi connectivity index (χ2v) is 11.4. The van der Waals surface area contributed by atoms with E-state index in [-0.39, 0.29) is 17.2 Å². The standard InChI is InChI=1S/C29H32ClN3O2S/c1-29(2,3)22-7-13-26(14-8-22)36-20-27(34)31-24-9-11-25(12-10-24)32-15-17-33(18-16-32)28(35)21-5-4-6-23(30)19-21/h4-14,19H,15-18,20H2,1-3H3,(H,31,34). The van der Waals surface area contributed by atoms with Crippen molar-refractivity contribution in [1.82, 2.24) is 4.90 Å². The van der Waals surface area contributed by atoms with Crippen LogP contribution in [0.1, 0.15) is 36.7 Å². The van der Waals surface area contributed by atoms with E-state index >= 15 is 0 Å². The van der Waals surface area contributed by atoms with Crippen LogP contribution in [-0.2, 0) is 10.2 Å². The van der Waals surface area contributed by atoms with Gasteiger partial charge in [-0.05, 0) is 65.6 Å². The molecule has 1 N–H and O–H groups in total. The maximum absolute atomic E-state index is 12.7. The fraction of sp³-hybridized carbons (Fsp3) is 0.310. The molecule has 1 heterocycles. The van der Waals surface area contributed by atoms with Gasteiger partial charge in [0.2, 0.25) is 5.91 Å². The lowest BCUT2D eigenvalue weighted by Gasteiger charge is -2.36. The van der Waals surface area contributed by atoms with Gasteiger partial charge < -0.3 is 15.1 Å². The maximum atomic E-state index is 12.7. The number of rotatable bonds is 6. The molecule has 0 aliphatic carbocycles. The van der Waals surface area contributed by atoms with Crippen LogP contribution >= 0.6 is 23.4 Å². The van der Waals surface area contributed by atoms with Crippen molar-refractivity contribution in [3.8, 4) is 0 Å². The van der Waals surface area contributed by atoms with Gasteiger partial charge in [0.05, 0.1) is 5.75 Å². The number of amides is 2. The highest BCUT2D eigenvalue weighted by Gasteiger charge is 2.22. The number of benzene rings is 3. The van der Waals surface area contributed by atoms with Crippen molar-refractivity contribution in [2.75, 3.05) is 42.1 Å². The van der Waals surface area contributed by atoms with Crippen LogP contribution in [-0.4, -0.2) is 48.6 Å². The molecule has 0 bridgehead atoms. The number of hydrogen-bond donors (Lipinski definition) is 1. The van der Waals surface area contributed by atoms with Crippen LogP contribution in [0, 0.1) is 0 Å². The minimum Gasteiger partial charge on any atom is -0.368 e. The van der Waals surface area contributed by atoms with E-state index in [0.717, 1.165) is 29.4 Å². The molecule has 0 unspecified atom stereocenters. The van der Waals surface area contributed by atoms with Gasteiger partial charge in [0.1, 0.15) is 0 Å². The van der Waals surface area contributed by atoms with Gasteiger partial charge in [0, 0.05) is 53.0 Å². The van der Waals surface area contributed by atoms with Crippen LogP contribution in [0.2, 0.25) is 5.02 Å². The summed E-state index contributed by atoms with van der Waals surface area (Å²) in [4.78, 5) is 30.4. The molecule has 3 aromatic rings. The molecule has 5 nitrogen and oxygen atoms in total. The molecule has 0 atom stereocenters. The van der Waals surface area contributed by atoms with E-state index in [2.05, 4.69) is 55.3 Å². The third-order valence-corrected chi connectivity index (χ3v) is 7.49. The zero-order chi connectivity index (χ0) is 25.7. The van der Waals surface area contributed by atoms with Gasteiger partial charge in [0.15, 0.2) is 0 Å². The Hall–Kier alpha value is -2.96. The Bertz CT molecular complexity index is 1200. The minimum atomic E-state index is -0.0270. The molecule has 0 aromatic heterocycles. The maximum Gasteiger partial charge on any atom is 0.254 e. The summed E-state index contributed by atoms with van der Waals surface area (Å²) in [6.45, 7) is 9.38. The molecule has 2 amide bonds. The molecule has 1 fully saturated rings. The third-order valence-electron chi connectivity index (χ3n) is 6.24. The predicted octanol–water partition coefficient (Wildman–Crippen LogP) is 6.33. The van der Waals surface area contributed by atoms with Crippen molar-refractivity contribution in [2.24, 2.45) is 0 Å². The molecule has 0 spiro atoms. The minimum absolute atomic E-state index is 0.0122. The van der Waals surface area contributed by atoms with E-state index in [1.54, 1.807) is 24.3 Å². The molecule has 188 valence electrons. The van der Waals surface area contributed by atoms with Crippen molar-refractivity contribution < 1.29 is 9.59 Å². The van der Waals surface area contributed by atoms with Gasteiger partial charge in [-0.3, -0.25) is 9.59 Å². The fourth-order valence-corrected chi connectivity index (χ4v) is 5.01. The first-order valence-corrected chi connectivity index (χ1v) is 13.5. The number of thioether (sulfide) groups is 1. The first kappa shape index (κ1) is 26.1. The summed E-state index contributed by atoms with van der Waals surface area (Å²) in [6.07, 6.45) is 0. The number of carbonyl (C=O) groups excluding carboxylic acids is 2. The first-order chi connectivity index (χ1) is 17.2. The summed E-state index contributed by atoms with van der Waals surface area (Å²) in [6, 6.07) is 23.4. The zero-order valence-corrected chi connectivity index (χ0v) is 22.5. The molecule has 4 rings (SSSR count). The Labute approximate surface area is 222 Å². The zero-order valence-electron chi connectivity index (χ0n) is 21.0. The average molecular weight is 522 g/mol. The fourth-order valence-electron chi connectivity index (χ4n) is 4.12. The van der Waals surface area contributed by atoms with Gasteiger partial charge in [-0.2, -0.15) is 0 Å². The number of carbonyl (C=O) groups is 2. The largest absolute Gasteiger partial charge is 0.368 e. The Balaban J connectivity index is 1.24. The highest BCUT2D eigenvalue weighted by molar-refractivity contribution is 8.00. The molecule has 3 aromatic carbocycles. The predicted molar refractivity (Wildman–Crippen MR) is 151 cm³/mol. The Morgan fingerprint density at radius 3 is 2.19 bits per heavy atom. The number of nitrogens with zero attached hydrogens (tertiary/aromatic N) is 2. The molecule has 0 saturated carbocycles. The molecular formula is C29H32ClN3O2S. The number of piperazine rings is 1. The van der Waals surface area contributed by atoms with Crippen LogP contribution in [0.4, 0.5) is 11.4 Å². The molecule has 1 saturated heterocycles. The van der Waals surface area contributed by atoms with Crippen LogP contribution in [0.15, 0.2) is 77.7 Å². The van der Waals surface area contributed by atoms with Crippen molar-refractivity contribution in [2.45, 2.75) is 31.1 Å². The second-order valence-electron chi connectivity index (χ2n) is 9.95. The number of nitrogens with one attached hydrogen (secondary N) is 1. The van der Waals surface area contributed by atoms with Crippen molar-refractivity contribution in [3.63, 3.8) is 0 Å². The summed E-state index contributed by atoms with van der Waals surface area (Å²) in [5, 5.41) is 3.55. The summed E-state index contributed by atoms with van der Waals surface area (Å²) in [5.41, 5.74) is 3.88. The van der Waals surface area contributed by atoms with E-state index in [0.29, 0.717) is 29.4 Å². The molecule has 0 radical (unpaired) electrons. The summed E-state index contributed by atoms with van der Waals surface area (Å²) in [7, 11) is 0. The quantitative estimate of drug-likeness (QED) is 0.385. The summed E-state index contributed by atoms with van der Waals surface area (Å²) in [5.74, 6) is 0.346. The Morgan fingerprint density at radius 1 is 0.917 bits per heavy atom. The van der Waals surface area contributed by atoms with Crippen LogP contribution in [0.25, 0.3) is 0 Å². The average Bonchev–Trinajstić information content (AvgIpc) is 2.87. The molecule has 1 aliphatic heterocycles. The highest BCUT2D eigenvalue weighted by Crippen LogP contribution is 2.26. The van der Waals surface area contributed by atoms with Crippen LogP contribution in [0.3, 0.4) is 0 Å². The van der Waals surface area contributed by atoms with E-state index in [1.807, 2.05) is 29.2 Å². The van der Waals surface area contributed by atoms with Crippen LogP contribution < -0.4 is 10.2 Å². The SMILES string of the molecule is CC(C)(C)c1ccc(SCC(=O)Nc2ccc(N3CCN(C(=O)c4cccc(Cl)c4)CC3)cc2)cc1. The normalized spacial score (nSPS) is 14.0. The van der Waals surface area contributed by atoms with Gasteiger partial charge in [-0.15, -0.1) is 11.8 Å². The van der Waals surface area contributed by atoms with Gasteiger partial charge in [0.25, 0.3) is 5.91 Å². The van der Waals surface area contributed by atoms with Gasteiger partial charge in [-0.25, -0.2) is 0 Å². The number of anilines is 2. The van der Waals surface area contributed by atoms with E-state index in [4.69, 9.17) is 11.6 Å². The lowest BCUT2D eigenvalue weighted by Crippen LogP contribution is -2.48. The Morgan fingerprint density at radius 2 is 1.58 bits per heavy atom. The highest BCUT2D eigenvalue weighted by atomic mass is 35.5. The molecular weight excluding hydrogens is 490 g/mol. The lowest BCUT2D eigenvalue weighted by molar-refractivity contribution is -0.113. The van der Waals surface area contributed by atoms with E-state index in [1.165, 1.54) is 17.3 Å². The Kier molecular flexibility index (Phi) is 8.27. The van der Waals surface area contributed by atoms with E-state index in [9.17, 15) is 9.59 Å². The van der Waals surface area contributed by atoms with Gasteiger partial charge >= 0.3 is 0 Å². The summed E-state index contributed by atoms with van der Waals surface area (Å²) >= 11 is 7.57. The number of halogens is 1. The lowest BCUT2D eigenvalue weighted by atomic mass is 9.87. The number of hydrogen-bond acceptors (Lipinski definition) is 4. The van der Waals surface area contributed by atoms with Crippen molar-refractivity contribution in [3.05, 3.63) is 88.9 Å². The topological polar surface area (TPSA) is 52.7 Å². The van der Waals surface area contributed by atoms with Crippen molar-refractivity contribution >= 4 is 46.6 Å². The molecule has 1 aliphatic rings. The summed E-state index contributed by atoms with van der Waals surface area (Å²) < 4.78 is 0. The molecule has 7 heteroatoms. The third kappa shape index (κ3) is 6.83. The second kappa shape index (κ2) is 11.4. The van der Waals surface area contributed by atoms with Crippen molar-refractivity contribution in [1.29, 1.82) is 0 Å².